The molecule has 0 atom stereocenters. The van der Waals surface area contributed by atoms with Crippen molar-refractivity contribution in [1.82, 2.24) is 0 Å². The van der Waals surface area contributed by atoms with Gasteiger partial charge in [0.15, 0.2) is 6.61 Å². The molecule has 7 heteroatoms. The lowest BCUT2D eigenvalue weighted by Gasteiger charge is -2.15. The normalized spacial score (nSPS) is 10.6. The highest BCUT2D eigenvalue weighted by Crippen LogP contribution is 2.23. The first-order valence-electron chi connectivity index (χ1n) is 8.57. The number of para-hydroxylation sites is 2. The number of carbonyl (C=O) groups is 2. The average Bonchev–Trinajstić information content (AvgIpc) is 2.66. The molecule has 0 heterocycles. The first kappa shape index (κ1) is 20.4. The van der Waals surface area contributed by atoms with Crippen LogP contribution in [0.15, 0.2) is 42.5 Å². The molecule has 0 bridgehead atoms. The number of halogens is 2. The molecule has 5 nitrogen and oxygen atoms in total. The van der Waals surface area contributed by atoms with Crippen LogP contribution in [0.5, 0.6) is 5.75 Å². The minimum Gasteiger partial charge on any atom is -0.452 e. The summed E-state index contributed by atoms with van der Waals surface area (Å²) in [5, 5.41) is 2.77. The van der Waals surface area contributed by atoms with Crippen molar-refractivity contribution in [2.45, 2.75) is 33.3 Å². The summed E-state index contributed by atoms with van der Waals surface area (Å²) in [5.41, 5.74) is 2.49. The predicted molar refractivity (Wildman–Crippen MR) is 97.2 cm³/mol. The number of alkyl halides is 2. The summed E-state index contributed by atoms with van der Waals surface area (Å²) in [7, 11) is 0. The lowest BCUT2D eigenvalue weighted by atomic mass is 10.0. The molecule has 0 aliphatic rings. The maximum atomic E-state index is 12.4. The number of carbonyl (C=O) groups excluding carboxylic acids is 2. The number of hydrogen-bond acceptors (Lipinski definition) is 4. The number of esters is 1. The van der Waals surface area contributed by atoms with Gasteiger partial charge in [-0.2, -0.15) is 8.78 Å². The summed E-state index contributed by atoms with van der Waals surface area (Å²) in [6.07, 6.45) is 1.48. The second-order valence-corrected chi connectivity index (χ2v) is 5.66. The number of anilines is 1. The number of amides is 1. The first-order chi connectivity index (χ1) is 13.0. The van der Waals surface area contributed by atoms with E-state index in [9.17, 15) is 18.4 Å². The van der Waals surface area contributed by atoms with Gasteiger partial charge in [-0.05, 0) is 36.1 Å². The first-order valence-corrected chi connectivity index (χ1v) is 8.57. The summed E-state index contributed by atoms with van der Waals surface area (Å²) in [5.74, 6) is -1.73. The topological polar surface area (TPSA) is 64.6 Å². The summed E-state index contributed by atoms with van der Waals surface area (Å²) in [4.78, 5) is 24.3. The van der Waals surface area contributed by atoms with Crippen LogP contribution in [0.4, 0.5) is 14.5 Å². The Morgan fingerprint density at radius 2 is 1.63 bits per heavy atom. The van der Waals surface area contributed by atoms with Crippen LogP contribution in [-0.4, -0.2) is 25.1 Å². The van der Waals surface area contributed by atoms with Gasteiger partial charge in [0.1, 0.15) is 11.3 Å². The van der Waals surface area contributed by atoms with Crippen molar-refractivity contribution in [1.29, 1.82) is 0 Å². The second kappa shape index (κ2) is 9.66. The fourth-order valence-corrected chi connectivity index (χ4v) is 2.62. The Hall–Kier alpha value is -2.96. The van der Waals surface area contributed by atoms with Crippen molar-refractivity contribution in [3.8, 4) is 5.75 Å². The molecule has 0 saturated carbocycles. The standard InChI is InChI=1S/C20H21F2NO4/c1-3-13-8-7-9-14(4-2)18(13)23-17(24)12-26-19(25)15-10-5-6-11-16(15)27-20(21)22/h5-11,20H,3-4,12H2,1-2H3,(H,23,24). The molecule has 2 aromatic rings. The highest BCUT2D eigenvalue weighted by atomic mass is 19.3. The van der Waals surface area contributed by atoms with E-state index in [1.807, 2.05) is 32.0 Å². The highest BCUT2D eigenvalue weighted by molar-refractivity contribution is 5.97. The van der Waals surface area contributed by atoms with Crippen LogP contribution in [0.3, 0.4) is 0 Å². The fraction of sp³-hybridized carbons (Fsp3) is 0.300. The van der Waals surface area contributed by atoms with Crippen LogP contribution < -0.4 is 10.1 Å². The SMILES string of the molecule is CCc1cccc(CC)c1NC(=O)COC(=O)c1ccccc1OC(F)F. The van der Waals surface area contributed by atoms with E-state index >= 15 is 0 Å². The zero-order valence-electron chi connectivity index (χ0n) is 15.1. The molecule has 144 valence electrons. The number of nitrogens with one attached hydrogen (secondary N) is 1. The van der Waals surface area contributed by atoms with E-state index in [1.165, 1.54) is 24.3 Å². The Kier molecular flexibility index (Phi) is 7.28. The maximum Gasteiger partial charge on any atom is 0.387 e. The molecular formula is C20H21F2NO4. The predicted octanol–water partition coefficient (Wildman–Crippen LogP) is 4.21. The summed E-state index contributed by atoms with van der Waals surface area (Å²) < 4.78 is 34.1. The Labute approximate surface area is 156 Å². The molecule has 0 radical (unpaired) electrons. The van der Waals surface area contributed by atoms with Gasteiger partial charge in [0, 0.05) is 5.69 Å². The van der Waals surface area contributed by atoms with Gasteiger partial charge in [0.25, 0.3) is 5.91 Å². The molecule has 0 fully saturated rings. The number of benzene rings is 2. The monoisotopic (exact) mass is 377 g/mol. The molecule has 1 amide bonds. The third-order valence-electron chi connectivity index (χ3n) is 3.92. The molecule has 27 heavy (non-hydrogen) atoms. The fourth-order valence-electron chi connectivity index (χ4n) is 2.62. The van der Waals surface area contributed by atoms with Gasteiger partial charge in [0.2, 0.25) is 0 Å². The minimum absolute atomic E-state index is 0.172. The summed E-state index contributed by atoms with van der Waals surface area (Å²) >= 11 is 0. The quantitative estimate of drug-likeness (QED) is 0.700. The van der Waals surface area contributed by atoms with Crippen molar-refractivity contribution >= 4 is 17.6 Å². The van der Waals surface area contributed by atoms with Crippen LogP contribution in [0.25, 0.3) is 0 Å². The number of aryl methyl sites for hydroxylation is 2. The van der Waals surface area contributed by atoms with Crippen LogP contribution >= 0.6 is 0 Å². The third kappa shape index (κ3) is 5.51. The van der Waals surface area contributed by atoms with E-state index in [0.29, 0.717) is 5.69 Å². The van der Waals surface area contributed by atoms with Crippen LogP contribution in [0.2, 0.25) is 0 Å². The zero-order valence-corrected chi connectivity index (χ0v) is 15.1. The second-order valence-electron chi connectivity index (χ2n) is 5.66. The van der Waals surface area contributed by atoms with Gasteiger partial charge in [-0.15, -0.1) is 0 Å². The Balaban J connectivity index is 2.04. The summed E-state index contributed by atoms with van der Waals surface area (Å²) in [6, 6.07) is 11.2. The largest absolute Gasteiger partial charge is 0.452 e. The lowest BCUT2D eigenvalue weighted by molar-refractivity contribution is -0.119. The van der Waals surface area contributed by atoms with Crippen molar-refractivity contribution in [3.63, 3.8) is 0 Å². The number of rotatable bonds is 8. The molecular weight excluding hydrogens is 356 g/mol. The lowest BCUT2D eigenvalue weighted by Crippen LogP contribution is -2.22. The average molecular weight is 377 g/mol. The Bertz CT molecular complexity index is 786. The Morgan fingerprint density at radius 3 is 2.22 bits per heavy atom. The summed E-state index contributed by atoms with van der Waals surface area (Å²) in [6.45, 7) is 0.345. The van der Waals surface area contributed by atoms with Gasteiger partial charge in [0.05, 0.1) is 0 Å². The van der Waals surface area contributed by atoms with Gasteiger partial charge in [-0.1, -0.05) is 44.2 Å². The molecule has 0 aliphatic heterocycles. The van der Waals surface area contributed by atoms with E-state index in [-0.39, 0.29) is 11.3 Å². The third-order valence-corrected chi connectivity index (χ3v) is 3.92. The van der Waals surface area contributed by atoms with Crippen molar-refractivity contribution in [2.75, 3.05) is 11.9 Å². The molecule has 0 saturated heterocycles. The molecule has 0 spiro atoms. The van der Waals surface area contributed by atoms with Crippen molar-refractivity contribution < 1.29 is 27.8 Å². The zero-order chi connectivity index (χ0) is 19.8. The van der Waals surface area contributed by atoms with Gasteiger partial charge in [-0.3, -0.25) is 4.79 Å². The van der Waals surface area contributed by atoms with E-state index in [1.54, 1.807) is 0 Å². The molecule has 0 aromatic heterocycles. The van der Waals surface area contributed by atoms with E-state index in [0.717, 1.165) is 24.0 Å². The minimum atomic E-state index is -3.07. The van der Waals surface area contributed by atoms with E-state index < -0.39 is 25.1 Å². The van der Waals surface area contributed by atoms with Crippen molar-refractivity contribution in [2.24, 2.45) is 0 Å². The molecule has 1 N–H and O–H groups in total. The van der Waals surface area contributed by atoms with Crippen LogP contribution in [0, 0.1) is 0 Å². The smallest absolute Gasteiger partial charge is 0.387 e. The van der Waals surface area contributed by atoms with Crippen LogP contribution in [-0.2, 0) is 22.4 Å². The van der Waals surface area contributed by atoms with E-state index in [4.69, 9.17) is 4.74 Å². The van der Waals surface area contributed by atoms with Gasteiger partial charge < -0.3 is 14.8 Å². The van der Waals surface area contributed by atoms with Crippen LogP contribution in [0.1, 0.15) is 35.3 Å². The Morgan fingerprint density at radius 1 is 1.00 bits per heavy atom. The molecule has 0 aliphatic carbocycles. The molecule has 2 rings (SSSR count). The maximum absolute atomic E-state index is 12.4. The van der Waals surface area contributed by atoms with Gasteiger partial charge >= 0.3 is 12.6 Å². The number of ether oxygens (including phenoxy) is 2. The van der Waals surface area contributed by atoms with Crippen molar-refractivity contribution in [3.05, 3.63) is 59.2 Å². The molecule has 0 unspecified atom stereocenters. The molecule has 2 aromatic carbocycles. The number of hydrogen-bond donors (Lipinski definition) is 1. The van der Waals surface area contributed by atoms with Gasteiger partial charge in [-0.25, -0.2) is 4.79 Å². The highest BCUT2D eigenvalue weighted by Gasteiger charge is 2.18. The van der Waals surface area contributed by atoms with E-state index in [2.05, 4.69) is 10.1 Å².